The van der Waals surface area contributed by atoms with Gasteiger partial charge in [0.1, 0.15) is 12.3 Å². The van der Waals surface area contributed by atoms with Gasteiger partial charge in [0.2, 0.25) is 0 Å². The minimum atomic E-state index is -1.04. The lowest BCUT2D eigenvalue weighted by atomic mass is 10.1. The number of carbonyl (C=O) groups is 1. The van der Waals surface area contributed by atoms with Crippen LogP contribution in [-0.4, -0.2) is 23.8 Å². The quantitative estimate of drug-likeness (QED) is 0.791. The van der Waals surface area contributed by atoms with Gasteiger partial charge in [-0.2, -0.15) is 0 Å². The van der Waals surface area contributed by atoms with Gasteiger partial charge >= 0.3 is 5.97 Å². The summed E-state index contributed by atoms with van der Waals surface area (Å²) < 4.78 is 15.4. The Balaban J connectivity index is 2.04. The lowest BCUT2D eigenvalue weighted by Crippen LogP contribution is -2.35. The van der Waals surface area contributed by atoms with E-state index in [2.05, 4.69) is 9.89 Å². The Morgan fingerprint density at radius 2 is 2.00 bits per heavy atom. The maximum Gasteiger partial charge on any atom is 0.337 e. The molecule has 2 aromatic rings. The van der Waals surface area contributed by atoms with Gasteiger partial charge in [-0.1, -0.05) is 28.9 Å². The van der Waals surface area contributed by atoms with Crippen LogP contribution in [0.4, 0.5) is 0 Å². The van der Waals surface area contributed by atoms with E-state index in [0.717, 1.165) is 5.56 Å². The van der Waals surface area contributed by atoms with Crippen LogP contribution < -0.4 is 0 Å². The summed E-state index contributed by atoms with van der Waals surface area (Å²) in [7, 11) is 1.32. The number of nitrogens with zero attached hydrogens (tertiary/aromatic N) is 1. The van der Waals surface area contributed by atoms with Crippen molar-refractivity contribution in [2.24, 2.45) is 0 Å². The second-order valence-corrected chi connectivity index (χ2v) is 5.41. The van der Waals surface area contributed by atoms with Crippen molar-refractivity contribution in [2.45, 2.75) is 26.1 Å². The highest BCUT2D eigenvalue weighted by Crippen LogP contribution is 2.22. The van der Waals surface area contributed by atoms with Crippen LogP contribution in [-0.2, 0) is 20.9 Å². The molecule has 0 fully saturated rings. The largest absolute Gasteiger partial charge is 0.467 e. The van der Waals surface area contributed by atoms with Crippen molar-refractivity contribution >= 4 is 17.6 Å². The van der Waals surface area contributed by atoms with E-state index in [1.54, 1.807) is 32.0 Å². The number of hydrogen-bond donors (Lipinski definition) is 0. The van der Waals surface area contributed by atoms with Gasteiger partial charge in [-0.25, -0.2) is 4.79 Å². The normalized spacial score (nSPS) is 11.4. The number of rotatable bonds is 5. The first-order valence-electron chi connectivity index (χ1n) is 6.36. The number of aromatic nitrogens is 1. The molecule has 0 atom stereocenters. The number of carbonyl (C=O) groups excluding carboxylic acids is 1. The summed E-state index contributed by atoms with van der Waals surface area (Å²) in [5, 5.41) is 4.63. The van der Waals surface area contributed by atoms with Crippen molar-refractivity contribution in [3.05, 3.63) is 41.1 Å². The first-order chi connectivity index (χ1) is 9.92. The van der Waals surface area contributed by atoms with Crippen molar-refractivity contribution in [1.29, 1.82) is 0 Å². The van der Waals surface area contributed by atoms with E-state index in [9.17, 15) is 4.79 Å². The number of methoxy groups -OCH3 is 1. The van der Waals surface area contributed by atoms with Crippen LogP contribution in [0.25, 0.3) is 11.3 Å². The van der Waals surface area contributed by atoms with Crippen LogP contribution in [0, 0.1) is 0 Å². The van der Waals surface area contributed by atoms with Crippen LogP contribution in [0.15, 0.2) is 34.9 Å². The predicted octanol–water partition coefficient (Wildman–Crippen LogP) is 3.46. The standard InChI is InChI=1S/C15H16ClNO4/c1-15(2,14(18)19-3)20-9-12-8-13(17-21-12)10-4-6-11(16)7-5-10/h4-8H,9H2,1-3H3. The van der Waals surface area contributed by atoms with E-state index >= 15 is 0 Å². The van der Waals surface area contributed by atoms with E-state index in [4.69, 9.17) is 20.9 Å². The minimum Gasteiger partial charge on any atom is -0.467 e. The third-order valence-corrected chi connectivity index (χ3v) is 3.20. The van der Waals surface area contributed by atoms with Crippen LogP contribution in [0.3, 0.4) is 0 Å². The molecular formula is C15H16ClNO4. The zero-order valence-electron chi connectivity index (χ0n) is 12.1. The highest BCUT2D eigenvalue weighted by atomic mass is 35.5. The highest BCUT2D eigenvalue weighted by Gasteiger charge is 2.30. The smallest absolute Gasteiger partial charge is 0.337 e. The van der Waals surface area contributed by atoms with Gasteiger partial charge in [-0.3, -0.25) is 0 Å². The summed E-state index contributed by atoms with van der Waals surface area (Å²) in [6.45, 7) is 3.40. The summed E-state index contributed by atoms with van der Waals surface area (Å²) in [4.78, 5) is 11.5. The Hall–Kier alpha value is -1.85. The average molecular weight is 310 g/mol. The number of ether oxygens (including phenoxy) is 2. The number of esters is 1. The molecule has 0 bridgehead atoms. The van der Waals surface area contributed by atoms with E-state index in [1.807, 2.05) is 12.1 Å². The Bertz CT molecular complexity index is 619. The van der Waals surface area contributed by atoms with Gasteiger partial charge in [-0.05, 0) is 26.0 Å². The van der Waals surface area contributed by atoms with E-state index in [-0.39, 0.29) is 6.61 Å². The Labute approximate surface area is 127 Å². The molecule has 0 aliphatic carbocycles. The molecule has 0 aliphatic rings. The molecule has 5 nitrogen and oxygen atoms in total. The van der Waals surface area contributed by atoms with Crippen LogP contribution in [0.5, 0.6) is 0 Å². The summed E-state index contributed by atoms with van der Waals surface area (Å²) >= 11 is 5.84. The predicted molar refractivity (Wildman–Crippen MR) is 77.8 cm³/mol. The zero-order valence-corrected chi connectivity index (χ0v) is 12.8. The lowest BCUT2D eigenvalue weighted by molar-refractivity contribution is -0.167. The van der Waals surface area contributed by atoms with Crippen LogP contribution in [0.2, 0.25) is 5.02 Å². The van der Waals surface area contributed by atoms with Gasteiger partial charge in [0, 0.05) is 16.7 Å². The molecule has 21 heavy (non-hydrogen) atoms. The van der Waals surface area contributed by atoms with Crippen molar-refractivity contribution < 1.29 is 18.8 Å². The molecular weight excluding hydrogens is 294 g/mol. The Kier molecular flexibility index (Phi) is 4.65. The van der Waals surface area contributed by atoms with Crippen molar-refractivity contribution in [3.63, 3.8) is 0 Å². The lowest BCUT2D eigenvalue weighted by Gasteiger charge is -2.21. The molecule has 1 heterocycles. The summed E-state index contributed by atoms with van der Waals surface area (Å²) in [6, 6.07) is 9.02. The van der Waals surface area contributed by atoms with Gasteiger partial charge < -0.3 is 14.0 Å². The second-order valence-electron chi connectivity index (χ2n) is 4.98. The SMILES string of the molecule is COC(=O)C(C)(C)OCc1cc(-c2ccc(Cl)cc2)no1. The van der Waals surface area contributed by atoms with Gasteiger partial charge in [0.25, 0.3) is 0 Å². The minimum absolute atomic E-state index is 0.128. The summed E-state index contributed by atoms with van der Waals surface area (Å²) in [5.74, 6) is 0.0804. The highest BCUT2D eigenvalue weighted by molar-refractivity contribution is 6.30. The number of halogens is 1. The van der Waals surface area contributed by atoms with Gasteiger partial charge in [0.05, 0.1) is 7.11 Å². The fourth-order valence-corrected chi connectivity index (χ4v) is 1.82. The van der Waals surface area contributed by atoms with Crippen LogP contribution in [0.1, 0.15) is 19.6 Å². The van der Waals surface area contributed by atoms with Crippen molar-refractivity contribution in [3.8, 4) is 11.3 Å². The summed E-state index contributed by atoms with van der Waals surface area (Å²) in [6.07, 6.45) is 0. The fraction of sp³-hybridized carbons (Fsp3) is 0.333. The first kappa shape index (κ1) is 15.5. The van der Waals surface area contributed by atoms with E-state index in [0.29, 0.717) is 16.5 Å². The van der Waals surface area contributed by atoms with Crippen molar-refractivity contribution in [2.75, 3.05) is 7.11 Å². The maximum atomic E-state index is 11.5. The number of benzene rings is 1. The number of hydrogen-bond acceptors (Lipinski definition) is 5. The third-order valence-electron chi connectivity index (χ3n) is 2.95. The molecule has 0 saturated heterocycles. The molecule has 0 saturated carbocycles. The molecule has 0 N–H and O–H groups in total. The molecule has 0 spiro atoms. The third kappa shape index (κ3) is 3.83. The van der Waals surface area contributed by atoms with Gasteiger partial charge in [0.15, 0.2) is 11.4 Å². The second kappa shape index (κ2) is 6.28. The average Bonchev–Trinajstić information content (AvgIpc) is 2.94. The van der Waals surface area contributed by atoms with Crippen molar-refractivity contribution in [1.82, 2.24) is 5.16 Å². The van der Waals surface area contributed by atoms with Crippen LogP contribution >= 0.6 is 11.6 Å². The summed E-state index contributed by atoms with van der Waals surface area (Å²) in [5.41, 5.74) is 0.532. The molecule has 6 heteroatoms. The fourth-order valence-electron chi connectivity index (χ4n) is 1.69. The van der Waals surface area contributed by atoms with Gasteiger partial charge in [-0.15, -0.1) is 0 Å². The molecule has 0 radical (unpaired) electrons. The topological polar surface area (TPSA) is 61.6 Å². The maximum absolute atomic E-state index is 11.5. The monoisotopic (exact) mass is 309 g/mol. The first-order valence-corrected chi connectivity index (χ1v) is 6.74. The Morgan fingerprint density at radius 3 is 2.62 bits per heavy atom. The van der Waals surface area contributed by atoms with E-state index < -0.39 is 11.6 Å². The molecule has 2 rings (SSSR count). The zero-order chi connectivity index (χ0) is 15.5. The molecule has 1 aromatic heterocycles. The molecule has 0 aliphatic heterocycles. The van der Waals surface area contributed by atoms with E-state index in [1.165, 1.54) is 7.11 Å². The molecule has 0 unspecified atom stereocenters. The molecule has 1 aromatic carbocycles. The molecule has 112 valence electrons. The molecule has 0 amide bonds. The Morgan fingerprint density at radius 1 is 1.33 bits per heavy atom.